The van der Waals surface area contributed by atoms with Gasteiger partial charge in [-0.25, -0.2) is 4.79 Å². The molecule has 0 aliphatic carbocycles. The molecule has 0 spiro atoms. The summed E-state index contributed by atoms with van der Waals surface area (Å²) in [5.74, 6) is -2.04. The molecule has 0 bridgehead atoms. The molecule has 0 saturated carbocycles. The van der Waals surface area contributed by atoms with Crippen molar-refractivity contribution < 1.29 is 59.4 Å². The number of imide groups is 1. The quantitative estimate of drug-likeness (QED) is 0.0202. The number of rotatable bonds is 83. The monoisotopic (exact) mass is 1600 g/mol. The summed E-state index contributed by atoms with van der Waals surface area (Å²) in [7, 11) is 0. The van der Waals surface area contributed by atoms with E-state index in [1.807, 2.05) is 0 Å². The number of nitrogens with two attached hydrogens (primary N) is 1. The molecular formula is C94H185N7O12. The van der Waals surface area contributed by atoms with E-state index >= 15 is 0 Å². The second-order valence-corrected chi connectivity index (χ2v) is 35.0. The highest BCUT2D eigenvalue weighted by atomic mass is 16.7. The second kappa shape index (κ2) is 77.7. The van der Waals surface area contributed by atoms with E-state index < -0.39 is 72.5 Å². The Hall–Kier alpha value is -2.85. The first-order valence-corrected chi connectivity index (χ1v) is 48.6. The van der Waals surface area contributed by atoms with Crippen LogP contribution >= 0.6 is 0 Å². The molecule has 2 fully saturated rings. The number of amides is 4. The highest BCUT2D eigenvalue weighted by molar-refractivity contribution is 6.01. The molecule has 19 heteroatoms. The lowest BCUT2D eigenvalue weighted by molar-refractivity contribution is -0.198. The molecule has 4 amide bonds. The molecule has 668 valence electrons. The van der Waals surface area contributed by atoms with Crippen LogP contribution in [0.15, 0.2) is 0 Å². The highest BCUT2D eigenvalue weighted by Crippen LogP contribution is 2.22. The Bertz CT molecular complexity index is 1990. The number of nitrogens with zero attached hydrogens (tertiary/aromatic N) is 4. The summed E-state index contributed by atoms with van der Waals surface area (Å²) < 4.78 is 0. The van der Waals surface area contributed by atoms with E-state index in [9.17, 15) is 54.6 Å². The van der Waals surface area contributed by atoms with Crippen LogP contribution in [0.25, 0.3) is 0 Å². The molecule has 2 aliphatic rings. The molecule has 0 unspecified atom stereocenters. The van der Waals surface area contributed by atoms with Crippen LogP contribution in [-0.2, 0) is 28.8 Å². The van der Waals surface area contributed by atoms with Crippen molar-refractivity contribution in [2.75, 3.05) is 58.9 Å². The van der Waals surface area contributed by atoms with Crippen LogP contribution in [0.3, 0.4) is 0 Å². The Kier molecular flexibility index (Phi) is 74.4. The molecule has 0 aromatic rings. The van der Waals surface area contributed by atoms with Crippen LogP contribution in [0, 0.1) is 0 Å². The molecule has 2 saturated heterocycles. The zero-order valence-electron chi connectivity index (χ0n) is 74.5. The second-order valence-electron chi connectivity index (χ2n) is 35.0. The predicted octanol–water partition coefficient (Wildman–Crippen LogP) is 19.7. The molecule has 0 radical (unpaired) electrons. The van der Waals surface area contributed by atoms with Gasteiger partial charge in [0, 0.05) is 52.1 Å². The molecule has 113 heavy (non-hydrogen) atoms. The van der Waals surface area contributed by atoms with Gasteiger partial charge < -0.3 is 51.8 Å². The molecule has 19 nitrogen and oxygen atoms in total. The van der Waals surface area contributed by atoms with Gasteiger partial charge in [0.15, 0.2) is 0 Å². The molecule has 0 aromatic heterocycles. The van der Waals surface area contributed by atoms with Crippen molar-refractivity contribution in [2.24, 2.45) is 5.73 Å². The number of nitrogens with one attached hydrogen (secondary N) is 2. The minimum atomic E-state index is -0.922. The van der Waals surface area contributed by atoms with Crippen molar-refractivity contribution in [3.8, 4) is 0 Å². The SMILES string of the molecule is CCCCCCCCCC[C@@H](O)CN(CCCC[C@@H](N)C(=O)ON1C(=O)CCC1=O)C[C@H](O)CCCCCCCCCC.CCCCCCCCCC[C@@H](O)CN(CCCC[C@H]1NC(=O)[C@@H](CCCCN(C[C@H](O)CCCCCCCCCC)C[C@H](O)CCCCCCCCCC)NC1=O)C[C@H](O)CCCCCCCCCC. The lowest BCUT2D eigenvalue weighted by Gasteiger charge is -2.31. The highest BCUT2D eigenvalue weighted by Gasteiger charge is 2.35. The van der Waals surface area contributed by atoms with Gasteiger partial charge in [0.1, 0.15) is 18.1 Å². The molecule has 9 atom stereocenters. The summed E-state index contributed by atoms with van der Waals surface area (Å²) in [6.45, 7) is 18.9. The van der Waals surface area contributed by atoms with Gasteiger partial charge in [-0.1, -0.05) is 356 Å². The minimum Gasteiger partial charge on any atom is -0.392 e. The fourth-order valence-electron chi connectivity index (χ4n) is 16.3. The number of hydrogen-bond acceptors (Lipinski definition) is 16. The fourth-order valence-corrected chi connectivity index (χ4v) is 16.3. The van der Waals surface area contributed by atoms with Crippen molar-refractivity contribution in [1.82, 2.24) is 30.4 Å². The molecule has 2 heterocycles. The summed E-state index contributed by atoms with van der Waals surface area (Å²) in [5.41, 5.74) is 5.97. The number of carbonyl (C=O) groups excluding carboxylic acids is 5. The van der Waals surface area contributed by atoms with E-state index in [1.54, 1.807) is 0 Å². The summed E-state index contributed by atoms with van der Waals surface area (Å²) in [5, 5.41) is 72.3. The van der Waals surface area contributed by atoms with Crippen LogP contribution < -0.4 is 16.4 Å². The predicted molar refractivity (Wildman–Crippen MR) is 469 cm³/mol. The Morgan fingerprint density at radius 2 is 0.513 bits per heavy atom. The Morgan fingerprint density at radius 3 is 0.735 bits per heavy atom. The largest absolute Gasteiger partial charge is 0.392 e. The van der Waals surface area contributed by atoms with Crippen LogP contribution in [0.5, 0.6) is 0 Å². The van der Waals surface area contributed by atoms with Crippen LogP contribution in [-0.4, -0.2) is 194 Å². The van der Waals surface area contributed by atoms with Crippen LogP contribution in [0.2, 0.25) is 0 Å². The molecular weight excluding hydrogens is 1420 g/mol. The zero-order valence-corrected chi connectivity index (χ0v) is 74.5. The first kappa shape index (κ1) is 108. The summed E-state index contributed by atoms with van der Waals surface area (Å²) in [6.07, 6.45) is 67.9. The first-order chi connectivity index (χ1) is 54.9. The summed E-state index contributed by atoms with van der Waals surface area (Å²) in [4.78, 5) is 73.8. The Balaban J connectivity index is 0.00000127. The smallest absolute Gasteiger partial charge is 0.349 e. The average Bonchev–Trinajstić information content (AvgIpc) is 1.61. The molecule has 10 N–H and O–H groups in total. The maximum absolute atomic E-state index is 13.3. The van der Waals surface area contributed by atoms with Crippen molar-refractivity contribution in [1.29, 1.82) is 0 Å². The molecule has 2 rings (SSSR count). The third-order valence-corrected chi connectivity index (χ3v) is 23.6. The van der Waals surface area contributed by atoms with E-state index in [1.165, 1.54) is 231 Å². The number of hydrogen-bond donors (Lipinski definition) is 9. The Labute approximate surface area is 694 Å². The van der Waals surface area contributed by atoms with Gasteiger partial charge in [0.05, 0.1) is 36.6 Å². The van der Waals surface area contributed by atoms with E-state index in [-0.39, 0.29) is 24.7 Å². The number of aliphatic hydroxyl groups excluding tert-OH is 6. The topological polar surface area (TPSA) is 279 Å². The van der Waals surface area contributed by atoms with Gasteiger partial charge in [-0.15, -0.1) is 5.06 Å². The minimum absolute atomic E-state index is 0.0486. The number of unbranched alkanes of at least 4 members (excludes halogenated alkanes) is 45. The number of carbonyl (C=O) groups is 5. The fraction of sp³-hybridized carbons (Fsp3) is 0.947. The summed E-state index contributed by atoms with van der Waals surface area (Å²) in [6, 6.07) is -2.01. The first-order valence-electron chi connectivity index (χ1n) is 48.6. The number of hydroxylamine groups is 2. The number of aliphatic hydroxyl groups is 6. The maximum atomic E-state index is 13.3. The van der Waals surface area contributed by atoms with E-state index in [0.717, 1.165) is 161 Å². The zero-order chi connectivity index (χ0) is 82.8. The van der Waals surface area contributed by atoms with Gasteiger partial charge in [0.2, 0.25) is 11.8 Å². The van der Waals surface area contributed by atoms with Gasteiger partial charge in [-0.2, -0.15) is 0 Å². The normalized spacial score (nSPS) is 16.6. The van der Waals surface area contributed by atoms with Crippen LogP contribution in [0.1, 0.15) is 459 Å². The maximum Gasteiger partial charge on any atom is 0.349 e. The third-order valence-electron chi connectivity index (χ3n) is 23.6. The lowest BCUT2D eigenvalue weighted by atomic mass is 10.0. The molecule has 0 aromatic carbocycles. The molecule has 2 aliphatic heterocycles. The van der Waals surface area contributed by atoms with Gasteiger partial charge in [-0.05, 0) is 110 Å². The van der Waals surface area contributed by atoms with Crippen molar-refractivity contribution in [3.05, 3.63) is 0 Å². The van der Waals surface area contributed by atoms with Crippen LogP contribution in [0.4, 0.5) is 0 Å². The lowest BCUT2D eigenvalue weighted by Crippen LogP contribution is -2.61. The third kappa shape index (κ3) is 64.7. The Morgan fingerprint density at radius 1 is 0.319 bits per heavy atom. The van der Waals surface area contributed by atoms with E-state index in [0.29, 0.717) is 76.6 Å². The van der Waals surface area contributed by atoms with Gasteiger partial charge >= 0.3 is 5.97 Å². The summed E-state index contributed by atoms with van der Waals surface area (Å²) >= 11 is 0. The van der Waals surface area contributed by atoms with Crippen molar-refractivity contribution in [2.45, 2.75) is 514 Å². The van der Waals surface area contributed by atoms with Crippen molar-refractivity contribution in [3.63, 3.8) is 0 Å². The van der Waals surface area contributed by atoms with Gasteiger partial charge in [0.25, 0.3) is 11.8 Å². The van der Waals surface area contributed by atoms with Crippen molar-refractivity contribution >= 4 is 29.6 Å². The van der Waals surface area contributed by atoms with Gasteiger partial charge in [-0.3, -0.25) is 33.9 Å². The average molecular weight is 1610 g/mol. The number of piperazine rings is 1. The van der Waals surface area contributed by atoms with E-state index in [2.05, 4.69) is 66.9 Å². The standard InChI is InChI=1S/C60H120N4O6.C34H65N3O6/c1-5-9-13-17-21-25-29-33-41-53(65)49-63(50-54(66)42-34-30-26-22-18-14-10-6-2)47-39-37-45-57-59(69)62-58(60(70)61-57)46-38-40-48-64(51-55(67)43-35-31-27-23-19-15-11-7-3)52-56(68)44-36-32-28-24-20-16-12-8-4;1-3-5-7-9-11-13-15-17-21-29(38)27-36(28-30(39)22-18-16-14-12-10-8-6-4-2)26-20-19-23-31(35)34(42)43-37-32(40)24-25-33(37)41/h53-58,65-68H,5-52H2,1-4H3,(H,61,70)(H,62,69);29-31,38-39H,3-28,35H2,1-2H3/t53-,54-,55-,56-,57-,58-;29-,30-,31-/m11/s1. The van der Waals surface area contributed by atoms with E-state index in [4.69, 9.17) is 10.6 Å².